The molecular weight excluding hydrogens is 202 g/mol. The molecule has 1 amide bonds. The van der Waals surface area contributed by atoms with Gasteiger partial charge in [0, 0.05) is 38.1 Å². The highest BCUT2D eigenvalue weighted by molar-refractivity contribution is 5.77. The zero-order valence-corrected chi connectivity index (χ0v) is 10.1. The fraction of sp³-hybridized carbons (Fsp3) is 0.917. The summed E-state index contributed by atoms with van der Waals surface area (Å²) >= 11 is 0. The SMILES string of the molecule is CCC(CN)N1CCC2NC(=O)CCC2C1. The zero-order chi connectivity index (χ0) is 11.5. The van der Waals surface area contributed by atoms with Gasteiger partial charge >= 0.3 is 0 Å². The molecule has 3 atom stereocenters. The molecule has 4 heteroatoms. The predicted molar refractivity (Wildman–Crippen MR) is 64.0 cm³/mol. The van der Waals surface area contributed by atoms with Crippen LogP contribution in [-0.4, -0.2) is 42.5 Å². The van der Waals surface area contributed by atoms with Crippen LogP contribution in [0.2, 0.25) is 0 Å². The number of hydrogen-bond donors (Lipinski definition) is 2. The maximum Gasteiger partial charge on any atom is 0.220 e. The summed E-state index contributed by atoms with van der Waals surface area (Å²) in [5.74, 6) is 0.882. The van der Waals surface area contributed by atoms with Gasteiger partial charge in [-0.2, -0.15) is 0 Å². The fourth-order valence-electron chi connectivity index (χ4n) is 3.04. The van der Waals surface area contributed by atoms with E-state index in [0.29, 0.717) is 24.4 Å². The second kappa shape index (κ2) is 5.15. The van der Waals surface area contributed by atoms with Gasteiger partial charge in [-0.05, 0) is 25.2 Å². The molecule has 0 spiro atoms. The van der Waals surface area contributed by atoms with Crippen LogP contribution in [0.25, 0.3) is 0 Å². The molecule has 0 aliphatic carbocycles. The molecule has 3 N–H and O–H groups in total. The maximum atomic E-state index is 11.3. The Morgan fingerprint density at radius 3 is 3.06 bits per heavy atom. The summed E-state index contributed by atoms with van der Waals surface area (Å²) in [5, 5.41) is 3.12. The Morgan fingerprint density at radius 1 is 1.56 bits per heavy atom. The van der Waals surface area contributed by atoms with Crippen molar-refractivity contribution in [2.45, 2.75) is 44.7 Å². The van der Waals surface area contributed by atoms with E-state index in [0.717, 1.165) is 38.9 Å². The number of carbonyl (C=O) groups is 1. The minimum Gasteiger partial charge on any atom is -0.353 e. The van der Waals surface area contributed by atoms with E-state index in [2.05, 4.69) is 17.1 Å². The van der Waals surface area contributed by atoms with Crippen molar-refractivity contribution in [2.24, 2.45) is 11.7 Å². The predicted octanol–water partition coefficient (Wildman–Crippen LogP) is 0.324. The van der Waals surface area contributed by atoms with E-state index in [1.54, 1.807) is 0 Å². The summed E-state index contributed by atoms with van der Waals surface area (Å²) in [5.41, 5.74) is 5.79. The lowest BCUT2D eigenvalue weighted by Crippen LogP contribution is -2.56. The summed E-state index contributed by atoms with van der Waals surface area (Å²) in [4.78, 5) is 13.8. The van der Waals surface area contributed by atoms with Crippen LogP contribution in [0.5, 0.6) is 0 Å². The smallest absolute Gasteiger partial charge is 0.220 e. The lowest BCUT2D eigenvalue weighted by Gasteiger charge is -2.44. The zero-order valence-electron chi connectivity index (χ0n) is 10.1. The molecule has 16 heavy (non-hydrogen) atoms. The van der Waals surface area contributed by atoms with Gasteiger partial charge in [0.05, 0.1) is 0 Å². The molecular formula is C12H23N3O. The number of fused-ring (bicyclic) bond motifs is 1. The number of nitrogens with two attached hydrogens (primary N) is 1. The van der Waals surface area contributed by atoms with E-state index in [1.807, 2.05) is 0 Å². The summed E-state index contributed by atoms with van der Waals surface area (Å²) in [6.07, 6.45) is 3.97. The normalized spacial score (nSPS) is 33.0. The average Bonchev–Trinajstić information content (AvgIpc) is 2.31. The third kappa shape index (κ3) is 2.38. The highest BCUT2D eigenvalue weighted by atomic mass is 16.1. The van der Waals surface area contributed by atoms with Crippen LogP contribution in [0.15, 0.2) is 0 Å². The van der Waals surface area contributed by atoms with E-state index < -0.39 is 0 Å². The standard InChI is InChI=1S/C12H23N3O/c1-2-10(7-13)15-6-5-11-9(8-15)3-4-12(16)14-11/h9-11H,2-8,13H2,1H3,(H,14,16). The number of carbonyl (C=O) groups excluding carboxylic acids is 1. The highest BCUT2D eigenvalue weighted by Gasteiger charge is 2.35. The topological polar surface area (TPSA) is 58.4 Å². The van der Waals surface area contributed by atoms with Crippen molar-refractivity contribution in [3.8, 4) is 0 Å². The Bertz CT molecular complexity index is 253. The van der Waals surface area contributed by atoms with Crippen LogP contribution < -0.4 is 11.1 Å². The van der Waals surface area contributed by atoms with E-state index in [9.17, 15) is 4.79 Å². The molecule has 2 aliphatic heterocycles. The van der Waals surface area contributed by atoms with Gasteiger partial charge in [0.15, 0.2) is 0 Å². The molecule has 2 fully saturated rings. The third-order valence-electron chi connectivity index (χ3n) is 4.11. The lowest BCUT2D eigenvalue weighted by molar-refractivity contribution is -0.125. The number of piperidine rings is 2. The molecule has 0 radical (unpaired) electrons. The molecule has 3 unspecified atom stereocenters. The minimum atomic E-state index is 0.237. The Kier molecular flexibility index (Phi) is 3.82. The van der Waals surface area contributed by atoms with E-state index in [4.69, 9.17) is 5.73 Å². The maximum absolute atomic E-state index is 11.3. The minimum absolute atomic E-state index is 0.237. The first kappa shape index (κ1) is 11.9. The molecule has 2 aliphatic rings. The second-order valence-electron chi connectivity index (χ2n) is 5.05. The number of amides is 1. The molecule has 0 aromatic carbocycles. The summed E-state index contributed by atoms with van der Waals surface area (Å²) in [6, 6.07) is 0.950. The number of rotatable bonds is 3. The first-order valence-corrected chi connectivity index (χ1v) is 6.48. The Morgan fingerprint density at radius 2 is 2.38 bits per heavy atom. The van der Waals surface area contributed by atoms with Crippen molar-refractivity contribution in [1.29, 1.82) is 0 Å². The molecule has 92 valence electrons. The van der Waals surface area contributed by atoms with Gasteiger partial charge in [0.2, 0.25) is 5.91 Å². The Hall–Kier alpha value is -0.610. The van der Waals surface area contributed by atoms with Crippen molar-refractivity contribution in [1.82, 2.24) is 10.2 Å². The van der Waals surface area contributed by atoms with Gasteiger partial charge < -0.3 is 11.1 Å². The molecule has 2 rings (SSSR count). The van der Waals surface area contributed by atoms with Gasteiger partial charge in [0.1, 0.15) is 0 Å². The monoisotopic (exact) mass is 225 g/mol. The number of hydrogen-bond acceptors (Lipinski definition) is 3. The van der Waals surface area contributed by atoms with Crippen LogP contribution in [0, 0.1) is 5.92 Å². The third-order valence-corrected chi connectivity index (χ3v) is 4.11. The van der Waals surface area contributed by atoms with Gasteiger partial charge in [0.25, 0.3) is 0 Å². The summed E-state index contributed by atoms with van der Waals surface area (Å²) in [6.45, 7) is 5.14. The molecule has 2 saturated heterocycles. The van der Waals surface area contributed by atoms with E-state index >= 15 is 0 Å². The van der Waals surface area contributed by atoms with Crippen molar-refractivity contribution < 1.29 is 4.79 Å². The van der Waals surface area contributed by atoms with Crippen molar-refractivity contribution in [2.75, 3.05) is 19.6 Å². The first-order chi connectivity index (χ1) is 7.74. The summed E-state index contributed by atoms with van der Waals surface area (Å²) < 4.78 is 0. The molecule has 2 heterocycles. The number of likely N-dealkylation sites (tertiary alicyclic amines) is 1. The van der Waals surface area contributed by atoms with Crippen LogP contribution in [0.3, 0.4) is 0 Å². The molecule has 0 bridgehead atoms. The van der Waals surface area contributed by atoms with Crippen LogP contribution >= 0.6 is 0 Å². The largest absolute Gasteiger partial charge is 0.353 e. The van der Waals surface area contributed by atoms with Crippen molar-refractivity contribution in [3.63, 3.8) is 0 Å². The highest BCUT2D eigenvalue weighted by Crippen LogP contribution is 2.26. The molecule has 4 nitrogen and oxygen atoms in total. The fourth-order valence-corrected chi connectivity index (χ4v) is 3.04. The van der Waals surface area contributed by atoms with Crippen LogP contribution in [-0.2, 0) is 4.79 Å². The Balaban J connectivity index is 1.92. The van der Waals surface area contributed by atoms with Crippen molar-refractivity contribution in [3.05, 3.63) is 0 Å². The quantitative estimate of drug-likeness (QED) is 0.727. The van der Waals surface area contributed by atoms with Gasteiger partial charge in [-0.3, -0.25) is 9.69 Å². The molecule has 0 aromatic rings. The van der Waals surface area contributed by atoms with Crippen LogP contribution in [0.1, 0.15) is 32.6 Å². The molecule has 0 saturated carbocycles. The van der Waals surface area contributed by atoms with Crippen molar-refractivity contribution >= 4 is 5.91 Å². The van der Waals surface area contributed by atoms with Gasteiger partial charge in [-0.1, -0.05) is 6.92 Å². The van der Waals surface area contributed by atoms with Gasteiger partial charge in [-0.15, -0.1) is 0 Å². The van der Waals surface area contributed by atoms with E-state index in [-0.39, 0.29) is 5.91 Å². The number of nitrogens with one attached hydrogen (secondary N) is 1. The van der Waals surface area contributed by atoms with Gasteiger partial charge in [-0.25, -0.2) is 0 Å². The summed E-state index contributed by atoms with van der Waals surface area (Å²) in [7, 11) is 0. The Labute approximate surface area is 97.6 Å². The van der Waals surface area contributed by atoms with Crippen LogP contribution in [0.4, 0.5) is 0 Å². The average molecular weight is 225 g/mol. The lowest BCUT2D eigenvalue weighted by atomic mass is 9.84. The second-order valence-corrected chi connectivity index (χ2v) is 5.05. The molecule has 0 aromatic heterocycles. The first-order valence-electron chi connectivity index (χ1n) is 6.48. The number of nitrogens with zero attached hydrogens (tertiary/aromatic N) is 1. The van der Waals surface area contributed by atoms with E-state index in [1.165, 1.54) is 0 Å².